The van der Waals surface area contributed by atoms with Crippen LogP contribution in [0.1, 0.15) is 52.2 Å². The summed E-state index contributed by atoms with van der Waals surface area (Å²) in [7, 11) is 0. The van der Waals surface area contributed by atoms with E-state index in [-0.39, 0.29) is 17.9 Å². The molecule has 1 fully saturated rings. The molecule has 9 heteroatoms. The van der Waals surface area contributed by atoms with Crippen LogP contribution >= 0.6 is 0 Å². The van der Waals surface area contributed by atoms with E-state index < -0.39 is 58.4 Å². The van der Waals surface area contributed by atoms with Crippen molar-refractivity contribution in [2.24, 2.45) is 5.92 Å². The molecule has 200 valence electrons. The molecule has 9 nitrogen and oxygen atoms in total. The first kappa shape index (κ1) is 27.0. The number of carbonyl (C=O) groups is 5. The molecule has 1 aliphatic heterocycles. The normalized spacial score (nSPS) is 24.4. The molecule has 2 aromatic carbocycles. The zero-order valence-corrected chi connectivity index (χ0v) is 22.4. The van der Waals surface area contributed by atoms with E-state index in [0.29, 0.717) is 11.3 Å². The van der Waals surface area contributed by atoms with Gasteiger partial charge in [0.15, 0.2) is 17.1 Å². The van der Waals surface area contributed by atoms with Gasteiger partial charge in [-0.2, -0.15) is 0 Å². The molecular formula is C29H32N2O7. The number of esters is 1. The molecule has 0 unspecified atom stereocenters. The fourth-order valence-electron chi connectivity index (χ4n) is 5.69. The summed E-state index contributed by atoms with van der Waals surface area (Å²) in [5.41, 5.74) is -3.75. The number of hydrogen-bond acceptors (Lipinski definition) is 8. The number of nitrogens with zero attached hydrogens (tertiary/aromatic N) is 1. The predicted octanol–water partition coefficient (Wildman–Crippen LogP) is 4.11. The van der Waals surface area contributed by atoms with Gasteiger partial charge >= 0.3 is 12.1 Å². The molecule has 1 saturated carbocycles. The van der Waals surface area contributed by atoms with Gasteiger partial charge in [0, 0.05) is 12.1 Å². The monoisotopic (exact) mass is 520 g/mol. The number of nitrogens with one attached hydrogen (secondary N) is 1. The molecule has 1 aliphatic carbocycles. The maximum Gasteiger partial charge on any atom is 0.421 e. The first-order valence-electron chi connectivity index (χ1n) is 12.5. The number of amides is 2. The van der Waals surface area contributed by atoms with Crippen LogP contribution in [-0.4, -0.2) is 47.3 Å². The first-order valence-corrected chi connectivity index (χ1v) is 12.5. The topological polar surface area (TPSA) is 119 Å². The number of aryl methyl sites for hydroxylation is 1. The quantitative estimate of drug-likeness (QED) is 0.462. The van der Waals surface area contributed by atoms with Crippen LogP contribution in [0.2, 0.25) is 0 Å². The van der Waals surface area contributed by atoms with E-state index in [1.165, 1.54) is 6.92 Å². The van der Waals surface area contributed by atoms with Crippen molar-refractivity contribution < 1.29 is 33.4 Å². The Hall–Kier alpha value is -4.01. The smallest absolute Gasteiger partial charge is 0.421 e. The fourth-order valence-corrected chi connectivity index (χ4v) is 5.69. The maximum atomic E-state index is 14.7. The summed E-state index contributed by atoms with van der Waals surface area (Å²) in [6, 6.07) is 13.4. The molecule has 0 radical (unpaired) electrons. The first-order chi connectivity index (χ1) is 17.8. The van der Waals surface area contributed by atoms with Crippen molar-refractivity contribution in [2.45, 2.75) is 64.5 Å². The van der Waals surface area contributed by atoms with Crippen molar-refractivity contribution in [3.63, 3.8) is 0 Å². The highest BCUT2D eigenvalue weighted by Crippen LogP contribution is 2.60. The van der Waals surface area contributed by atoms with E-state index in [2.05, 4.69) is 5.32 Å². The van der Waals surface area contributed by atoms with E-state index in [9.17, 15) is 24.0 Å². The van der Waals surface area contributed by atoms with Gasteiger partial charge in [0.05, 0.1) is 18.2 Å². The molecule has 2 aromatic rings. The van der Waals surface area contributed by atoms with Crippen molar-refractivity contribution in [3.8, 4) is 0 Å². The van der Waals surface area contributed by atoms with Crippen LogP contribution < -0.4 is 10.2 Å². The van der Waals surface area contributed by atoms with Crippen molar-refractivity contribution in [1.82, 2.24) is 0 Å². The minimum absolute atomic E-state index is 0.00341. The lowest BCUT2D eigenvalue weighted by Gasteiger charge is -2.42. The minimum atomic E-state index is -2.19. The Morgan fingerprint density at radius 1 is 1.08 bits per heavy atom. The summed E-state index contributed by atoms with van der Waals surface area (Å²) in [5.74, 6) is -4.36. The number of imide groups is 1. The summed E-state index contributed by atoms with van der Waals surface area (Å²) in [6.07, 6.45) is -1.40. The second kappa shape index (κ2) is 9.38. The average Bonchev–Trinajstić information content (AvgIpc) is 3.24. The average molecular weight is 521 g/mol. The SMILES string of the molecule is CCOC(=O)[C@@H]1CC(=O)[C@](Nc2ccccc2)(C(C)=O)[C@@]12C(=O)N(C(=O)OC(C)(C)C)c1ccc(C)cc12. The van der Waals surface area contributed by atoms with E-state index in [0.717, 1.165) is 4.90 Å². The van der Waals surface area contributed by atoms with E-state index in [1.54, 1.807) is 83.1 Å². The lowest BCUT2D eigenvalue weighted by Crippen LogP contribution is -2.68. The van der Waals surface area contributed by atoms with Crippen LogP contribution in [0.3, 0.4) is 0 Å². The largest absolute Gasteiger partial charge is 0.466 e. The van der Waals surface area contributed by atoms with Gasteiger partial charge < -0.3 is 14.8 Å². The molecule has 38 heavy (non-hydrogen) atoms. The zero-order valence-electron chi connectivity index (χ0n) is 22.4. The van der Waals surface area contributed by atoms with E-state index in [4.69, 9.17) is 9.47 Å². The van der Waals surface area contributed by atoms with Gasteiger partial charge in [0.1, 0.15) is 11.0 Å². The Labute approximate surface area is 221 Å². The van der Waals surface area contributed by atoms with Gasteiger partial charge in [-0.25, -0.2) is 9.69 Å². The Morgan fingerprint density at radius 2 is 1.74 bits per heavy atom. The molecule has 2 amide bonds. The maximum absolute atomic E-state index is 14.7. The Kier molecular flexibility index (Phi) is 6.67. The Bertz CT molecular complexity index is 1330. The third kappa shape index (κ3) is 3.88. The lowest BCUT2D eigenvalue weighted by atomic mass is 9.61. The number of ketones is 2. The van der Waals surface area contributed by atoms with Gasteiger partial charge in [0.2, 0.25) is 0 Å². The summed E-state index contributed by atoms with van der Waals surface area (Å²) in [4.78, 5) is 70.1. The Balaban J connectivity index is 2.08. The standard InChI is InChI=1S/C29H32N2O7/c1-7-37-24(34)21-16-23(33)29(18(3)32,30-19-11-9-8-10-12-19)28(21)20-15-17(2)13-14-22(20)31(25(28)35)26(36)38-27(4,5)6/h8-15,21,30H,7,16H2,1-6H3/t21-,28+,29+/m0/s1. The number of carbonyl (C=O) groups excluding carboxylic acids is 5. The second-order valence-corrected chi connectivity index (χ2v) is 10.7. The summed E-state index contributed by atoms with van der Waals surface area (Å²) in [5, 5.41) is 3.06. The minimum Gasteiger partial charge on any atom is -0.466 e. The zero-order chi connectivity index (χ0) is 28.0. The number of anilines is 2. The van der Waals surface area contributed by atoms with Crippen molar-refractivity contribution in [1.29, 1.82) is 0 Å². The molecule has 0 saturated heterocycles. The summed E-state index contributed by atoms with van der Waals surface area (Å²) < 4.78 is 10.9. The molecule has 3 atom stereocenters. The molecule has 0 aromatic heterocycles. The van der Waals surface area contributed by atoms with Crippen LogP contribution in [-0.2, 0) is 34.1 Å². The number of rotatable bonds is 5. The molecule has 1 N–H and O–H groups in total. The van der Waals surface area contributed by atoms with Crippen LogP contribution in [0.4, 0.5) is 16.2 Å². The molecular weight excluding hydrogens is 488 g/mol. The number of benzene rings is 2. The molecule has 4 rings (SSSR count). The Morgan fingerprint density at radius 3 is 2.32 bits per heavy atom. The number of fused-ring (bicyclic) bond motifs is 2. The highest BCUT2D eigenvalue weighted by molar-refractivity contribution is 6.32. The van der Waals surface area contributed by atoms with Crippen LogP contribution in [0, 0.1) is 12.8 Å². The number of ether oxygens (including phenoxy) is 2. The van der Waals surface area contributed by atoms with E-state index in [1.807, 2.05) is 0 Å². The second-order valence-electron chi connectivity index (χ2n) is 10.7. The van der Waals surface area contributed by atoms with Gasteiger partial charge in [-0.15, -0.1) is 0 Å². The van der Waals surface area contributed by atoms with Gasteiger partial charge in [0.25, 0.3) is 5.91 Å². The lowest BCUT2D eigenvalue weighted by molar-refractivity contribution is -0.153. The van der Waals surface area contributed by atoms with E-state index >= 15 is 0 Å². The van der Waals surface area contributed by atoms with Gasteiger partial charge in [-0.05, 0) is 65.3 Å². The number of Topliss-reactive ketones (excluding diaryl/α,β-unsaturated/α-hetero) is 2. The van der Waals surface area contributed by atoms with Gasteiger partial charge in [-0.1, -0.05) is 35.9 Å². The fraction of sp³-hybridized carbons (Fsp3) is 0.414. The van der Waals surface area contributed by atoms with Gasteiger partial charge in [-0.3, -0.25) is 19.2 Å². The molecule has 0 bridgehead atoms. The third-order valence-corrected chi connectivity index (χ3v) is 7.06. The predicted molar refractivity (Wildman–Crippen MR) is 140 cm³/mol. The van der Waals surface area contributed by atoms with Crippen LogP contribution in [0.15, 0.2) is 48.5 Å². The highest BCUT2D eigenvalue weighted by atomic mass is 16.6. The van der Waals surface area contributed by atoms with Crippen molar-refractivity contribution in [2.75, 3.05) is 16.8 Å². The van der Waals surface area contributed by atoms with Crippen molar-refractivity contribution in [3.05, 3.63) is 59.7 Å². The van der Waals surface area contributed by atoms with Crippen molar-refractivity contribution >= 4 is 40.9 Å². The van der Waals surface area contributed by atoms with Crippen LogP contribution in [0.5, 0.6) is 0 Å². The third-order valence-electron chi connectivity index (χ3n) is 7.06. The summed E-state index contributed by atoms with van der Waals surface area (Å²) in [6.45, 7) is 9.59. The molecule has 1 heterocycles. The molecule has 1 spiro atoms. The van der Waals surface area contributed by atoms with Crippen LogP contribution in [0.25, 0.3) is 0 Å². The highest BCUT2D eigenvalue weighted by Gasteiger charge is 2.78. The number of para-hydroxylation sites is 1. The number of hydrogen-bond donors (Lipinski definition) is 1. The molecule has 2 aliphatic rings. The summed E-state index contributed by atoms with van der Waals surface area (Å²) >= 11 is 0.